The van der Waals surface area contributed by atoms with Crippen molar-refractivity contribution in [2.24, 2.45) is 0 Å². The van der Waals surface area contributed by atoms with Crippen molar-refractivity contribution in [3.63, 3.8) is 0 Å². The van der Waals surface area contributed by atoms with E-state index in [1.807, 2.05) is 19.1 Å². The molecule has 0 radical (unpaired) electrons. The van der Waals surface area contributed by atoms with Crippen molar-refractivity contribution in [2.45, 2.75) is 24.8 Å². The van der Waals surface area contributed by atoms with Crippen LogP contribution < -0.4 is 4.74 Å². The molecule has 1 aliphatic rings. The van der Waals surface area contributed by atoms with Gasteiger partial charge in [-0.1, -0.05) is 47.5 Å². The molecule has 0 atom stereocenters. The number of hydrogen-bond acceptors (Lipinski definition) is 6. The third-order valence-corrected chi connectivity index (χ3v) is 8.51. The quantitative estimate of drug-likeness (QED) is 0.388. The number of piperazine rings is 1. The molecule has 0 saturated carbocycles. The van der Waals surface area contributed by atoms with Crippen LogP contribution in [-0.2, 0) is 32.6 Å². The molecule has 0 spiro atoms. The van der Waals surface area contributed by atoms with E-state index in [9.17, 15) is 18.0 Å². The van der Waals surface area contributed by atoms with Gasteiger partial charge in [0.15, 0.2) is 0 Å². The van der Waals surface area contributed by atoms with Crippen LogP contribution in [0.3, 0.4) is 0 Å². The molecule has 200 valence electrons. The molecule has 10 heteroatoms. The summed E-state index contributed by atoms with van der Waals surface area (Å²) in [6.07, 6.45) is 0.0107. The monoisotopic (exact) mass is 556 g/mol. The maximum Gasteiger partial charge on any atom is 0.309 e. The van der Waals surface area contributed by atoms with E-state index < -0.39 is 16.0 Å². The zero-order chi connectivity index (χ0) is 27.3. The standard InChI is InChI=1S/C28H29ClN2O6S/c1-20-3-10-24(11-4-20)38(34,35)31-15-13-30(14-16-31)28(33)25-17-22(18-27(32)36-2)7-12-26(25)37-19-21-5-8-23(29)9-6-21/h3-12,17H,13-16,18-19H2,1-2H3. The highest BCUT2D eigenvalue weighted by molar-refractivity contribution is 7.89. The van der Waals surface area contributed by atoms with Gasteiger partial charge in [0.2, 0.25) is 10.0 Å². The lowest BCUT2D eigenvalue weighted by molar-refractivity contribution is -0.139. The number of rotatable bonds is 8. The maximum atomic E-state index is 13.6. The fourth-order valence-electron chi connectivity index (χ4n) is 4.12. The van der Waals surface area contributed by atoms with Gasteiger partial charge >= 0.3 is 5.97 Å². The molecule has 3 aromatic rings. The van der Waals surface area contributed by atoms with E-state index in [4.69, 9.17) is 21.1 Å². The number of benzene rings is 3. The van der Waals surface area contributed by atoms with Gasteiger partial charge < -0.3 is 14.4 Å². The molecule has 3 aromatic carbocycles. The number of nitrogens with zero attached hydrogens (tertiary/aromatic N) is 2. The summed E-state index contributed by atoms with van der Waals surface area (Å²) in [6.45, 7) is 2.91. The summed E-state index contributed by atoms with van der Waals surface area (Å²) in [7, 11) is -2.35. The molecule has 38 heavy (non-hydrogen) atoms. The minimum atomic E-state index is -3.66. The van der Waals surface area contributed by atoms with Crippen molar-refractivity contribution < 1.29 is 27.5 Å². The van der Waals surface area contributed by atoms with E-state index in [-0.39, 0.29) is 50.0 Å². The third-order valence-electron chi connectivity index (χ3n) is 6.34. The highest BCUT2D eigenvalue weighted by Gasteiger charge is 2.31. The fraction of sp³-hybridized carbons (Fsp3) is 0.286. The second kappa shape index (κ2) is 12.0. The van der Waals surface area contributed by atoms with Crippen LogP contribution in [0.5, 0.6) is 5.75 Å². The van der Waals surface area contributed by atoms with E-state index >= 15 is 0 Å². The van der Waals surface area contributed by atoms with Crippen molar-refractivity contribution in [1.82, 2.24) is 9.21 Å². The van der Waals surface area contributed by atoms with E-state index in [2.05, 4.69) is 0 Å². The summed E-state index contributed by atoms with van der Waals surface area (Å²) < 4.78 is 38.3. The molecule has 0 N–H and O–H groups in total. The average molecular weight is 557 g/mol. The van der Waals surface area contributed by atoms with Crippen molar-refractivity contribution in [2.75, 3.05) is 33.3 Å². The van der Waals surface area contributed by atoms with Gasteiger partial charge in [0.05, 0.1) is 24.0 Å². The number of sulfonamides is 1. The number of methoxy groups -OCH3 is 1. The molecule has 0 aliphatic carbocycles. The van der Waals surface area contributed by atoms with E-state index in [1.54, 1.807) is 59.5 Å². The first-order chi connectivity index (χ1) is 18.2. The lowest BCUT2D eigenvalue weighted by Gasteiger charge is -2.34. The zero-order valence-electron chi connectivity index (χ0n) is 21.2. The van der Waals surface area contributed by atoms with Gasteiger partial charge in [-0.15, -0.1) is 0 Å². The Balaban J connectivity index is 1.51. The summed E-state index contributed by atoms with van der Waals surface area (Å²) in [5.41, 5.74) is 2.76. The fourth-order valence-corrected chi connectivity index (χ4v) is 5.67. The summed E-state index contributed by atoms with van der Waals surface area (Å²) in [4.78, 5) is 27.3. The molecule has 1 fully saturated rings. The highest BCUT2D eigenvalue weighted by atomic mass is 35.5. The van der Waals surface area contributed by atoms with Gasteiger partial charge in [0, 0.05) is 31.2 Å². The number of amides is 1. The Morgan fingerprint density at radius 2 is 1.53 bits per heavy atom. The highest BCUT2D eigenvalue weighted by Crippen LogP contribution is 2.26. The Hall–Kier alpha value is -3.40. The minimum absolute atomic E-state index is 0.0107. The lowest BCUT2D eigenvalue weighted by Crippen LogP contribution is -2.50. The number of esters is 1. The molecule has 0 unspecified atom stereocenters. The Labute approximate surface area is 227 Å². The Morgan fingerprint density at radius 1 is 0.895 bits per heavy atom. The van der Waals surface area contributed by atoms with Gasteiger partial charge in [-0.05, 0) is 54.4 Å². The van der Waals surface area contributed by atoms with Crippen LogP contribution in [0.4, 0.5) is 0 Å². The Morgan fingerprint density at radius 3 is 2.16 bits per heavy atom. The van der Waals surface area contributed by atoms with Crippen molar-refractivity contribution in [3.8, 4) is 5.75 Å². The molecular formula is C28H29ClN2O6S. The van der Waals surface area contributed by atoms with Gasteiger partial charge in [-0.3, -0.25) is 9.59 Å². The predicted molar refractivity (Wildman–Crippen MR) is 144 cm³/mol. The van der Waals surface area contributed by atoms with E-state index in [0.717, 1.165) is 11.1 Å². The van der Waals surface area contributed by atoms with Crippen LogP contribution in [-0.4, -0.2) is 62.8 Å². The predicted octanol–water partition coefficient (Wildman–Crippen LogP) is 4.09. The second-order valence-electron chi connectivity index (χ2n) is 9.01. The van der Waals surface area contributed by atoms with Crippen LogP contribution in [0, 0.1) is 6.92 Å². The summed E-state index contributed by atoms with van der Waals surface area (Å²) in [6, 6.07) is 18.9. The minimum Gasteiger partial charge on any atom is -0.488 e. The van der Waals surface area contributed by atoms with E-state index in [0.29, 0.717) is 21.9 Å². The van der Waals surface area contributed by atoms with Crippen LogP contribution in [0.1, 0.15) is 27.0 Å². The largest absolute Gasteiger partial charge is 0.488 e. The first-order valence-corrected chi connectivity index (χ1v) is 13.9. The van der Waals surface area contributed by atoms with E-state index in [1.165, 1.54) is 11.4 Å². The van der Waals surface area contributed by atoms with Crippen LogP contribution >= 0.6 is 11.6 Å². The smallest absolute Gasteiger partial charge is 0.309 e. The SMILES string of the molecule is COC(=O)Cc1ccc(OCc2ccc(Cl)cc2)c(C(=O)N2CCN(S(=O)(=O)c3ccc(C)cc3)CC2)c1. The van der Waals surface area contributed by atoms with Gasteiger partial charge in [-0.2, -0.15) is 4.31 Å². The number of hydrogen-bond donors (Lipinski definition) is 0. The summed E-state index contributed by atoms with van der Waals surface area (Å²) >= 11 is 5.96. The van der Waals surface area contributed by atoms with Crippen molar-refractivity contribution >= 4 is 33.5 Å². The van der Waals surface area contributed by atoms with Crippen LogP contribution in [0.2, 0.25) is 5.02 Å². The normalized spacial score (nSPS) is 14.2. The second-order valence-corrected chi connectivity index (χ2v) is 11.4. The number of ether oxygens (including phenoxy) is 2. The molecule has 0 aromatic heterocycles. The van der Waals surface area contributed by atoms with Crippen LogP contribution in [0.25, 0.3) is 0 Å². The first kappa shape index (κ1) is 27.6. The van der Waals surface area contributed by atoms with Gasteiger partial charge in [0.1, 0.15) is 12.4 Å². The van der Waals surface area contributed by atoms with Crippen molar-refractivity contribution in [3.05, 3.63) is 94.0 Å². The molecule has 1 saturated heterocycles. The topological polar surface area (TPSA) is 93.2 Å². The average Bonchev–Trinajstić information content (AvgIpc) is 2.93. The molecule has 1 heterocycles. The number of halogens is 1. The first-order valence-electron chi connectivity index (χ1n) is 12.1. The number of carbonyl (C=O) groups is 2. The lowest BCUT2D eigenvalue weighted by atomic mass is 10.1. The summed E-state index contributed by atoms with van der Waals surface area (Å²) in [5.74, 6) is -0.350. The molecule has 1 aliphatic heterocycles. The van der Waals surface area contributed by atoms with Gasteiger partial charge in [-0.25, -0.2) is 8.42 Å². The number of carbonyl (C=O) groups excluding carboxylic acids is 2. The maximum absolute atomic E-state index is 13.6. The summed E-state index contributed by atoms with van der Waals surface area (Å²) in [5, 5.41) is 0.611. The Kier molecular flexibility index (Phi) is 8.71. The van der Waals surface area contributed by atoms with Gasteiger partial charge in [0.25, 0.3) is 5.91 Å². The zero-order valence-corrected chi connectivity index (χ0v) is 22.8. The third kappa shape index (κ3) is 6.53. The Bertz CT molecular complexity index is 1400. The molecule has 0 bridgehead atoms. The number of aryl methyl sites for hydroxylation is 1. The molecular weight excluding hydrogens is 528 g/mol. The molecule has 1 amide bonds. The van der Waals surface area contributed by atoms with Crippen molar-refractivity contribution in [1.29, 1.82) is 0 Å². The molecule has 8 nitrogen and oxygen atoms in total. The molecule has 4 rings (SSSR count). The van der Waals surface area contributed by atoms with Crippen LogP contribution in [0.15, 0.2) is 71.6 Å².